The van der Waals surface area contributed by atoms with Crippen LogP contribution in [0.3, 0.4) is 0 Å². The van der Waals surface area contributed by atoms with Crippen molar-refractivity contribution < 1.29 is 23.1 Å². The average Bonchev–Trinajstić information content (AvgIpc) is 3.62. The number of thiophene rings is 2. The molecule has 0 radical (unpaired) electrons. The van der Waals surface area contributed by atoms with Gasteiger partial charge in [0.25, 0.3) is 18.2 Å². The van der Waals surface area contributed by atoms with Crippen molar-refractivity contribution in [2.24, 2.45) is 5.73 Å². The van der Waals surface area contributed by atoms with Gasteiger partial charge in [0.15, 0.2) is 18.2 Å². The summed E-state index contributed by atoms with van der Waals surface area (Å²) in [6, 6.07) is 11.3. The Morgan fingerprint density at radius 3 is 2.54 bits per heavy atom. The molecule has 1 aromatic carbocycles. The topological polar surface area (TPSA) is 112 Å². The third kappa shape index (κ3) is 5.46. The Bertz CT molecular complexity index is 1710. The Morgan fingerprint density at radius 2 is 1.90 bits per heavy atom. The summed E-state index contributed by atoms with van der Waals surface area (Å²) in [6.07, 6.45) is -1.32. The van der Waals surface area contributed by atoms with Gasteiger partial charge in [0, 0.05) is 26.9 Å². The number of alkyl halides is 2. The van der Waals surface area contributed by atoms with Crippen molar-refractivity contribution in [3.05, 3.63) is 79.8 Å². The van der Waals surface area contributed by atoms with Crippen molar-refractivity contribution in [1.29, 1.82) is 0 Å². The Kier molecular flexibility index (Phi) is 7.54. The molecule has 39 heavy (non-hydrogen) atoms. The van der Waals surface area contributed by atoms with Crippen LogP contribution in [0.5, 0.6) is 5.75 Å². The number of hydrogen-bond donors (Lipinski definition) is 2. The monoisotopic (exact) mass is 607 g/mol. The summed E-state index contributed by atoms with van der Waals surface area (Å²) in [6.45, 7) is 1.79. The Hall–Kier alpha value is -3.58. The molecule has 5 aromatic rings. The fourth-order valence-corrected chi connectivity index (χ4v) is 6.19. The van der Waals surface area contributed by atoms with E-state index in [1.54, 1.807) is 24.3 Å². The summed E-state index contributed by atoms with van der Waals surface area (Å²) in [5.41, 5.74) is 5.64. The normalized spacial score (nSPS) is 11.3. The van der Waals surface area contributed by atoms with Crippen LogP contribution in [0.25, 0.3) is 20.7 Å². The molecule has 0 aliphatic heterocycles. The fourth-order valence-electron chi connectivity index (χ4n) is 3.78. The van der Waals surface area contributed by atoms with Crippen LogP contribution in [0.1, 0.15) is 37.2 Å². The van der Waals surface area contributed by atoms with E-state index in [1.165, 1.54) is 34.3 Å². The van der Waals surface area contributed by atoms with Gasteiger partial charge in [-0.05, 0) is 43.3 Å². The lowest BCUT2D eigenvalue weighted by molar-refractivity contribution is 0.100. The molecule has 8 nitrogen and oxygen atoms in total. The molecule has 5 rings (SSSR count). The number of benzene rings is 1. The summed E-state index contributed by atoms with van der Waals surface area (Å²) in [5.74, 6) is -1.22. The zero-order chi connectivity index (χ0) is 27.8. The molecule has 0 unspecified atom stereocenters. The molecule has 4 heterocycles. The molecule has 2 amide bonds. The molecule has 0 saturated heterocycles. The van der Waals surface area contributed by atoms with Crippen molar-refractivity contribution >= 4 is 73.6 Å². The molecule has 14 heteroatoms. The van der Waals surface area contributed by atoms with E-state index in [2.05, 4.69) is 15.4 Å². The first kappa shape index (κ1) is 27.0. The minimum absolute atomic E-state index is 0.00398. The lowest BCUT2D eigenvalue weighted by atomic mass is 10.1. The number of amides is 2. The second kappa shape index (κ2) is 10.9. The molecular weight excluding hydrogens is 591 g/mol. The SMILES string of the molecule is Cc1ccc(-c2cc(C(F)F)nc3sc(C(N)=O)c(NC(=O)c4ccn(COc5c(Cl)cccc5Cl)n4)c23)s1. The van der Waals surface area contributed by atoms with Crippen molar-refractivity contribution in [2.45, 2.75) is 20.1 Å². The molecule has 3 N–H and O–H groups in total. The number of ether oxygens (including phenoxy) is 1. The van der Waals surface area contributed by atoms with Crippen LogP contribution < -0.4 is 15.8 Å². The van der Waals surface area contributed by atoms with Gasteiger partial charge in [-0.1, -0.05) is 29.3 Å². The number of nitrogens with two attached hydrogens (primary N) is 1. The van der Waals surface area contributed by atoms with E-state index in [4.69, 9.17) is 33.7 Å². The van der Waals surface area contributed by atoms with Gasteiger partial charge in [0.2, 0.25) is 0 Å². The van der Waals surface area contributed by atoms with Crippen LogP contribution in [0.15, 0.2) is 48.7 Å². The molecule has 0 saturated carbocycles. The summed E-state index contributed by atoms with van der Waals surface area (Å²) in [7, 11) is 0. The van der Waals surface area contributed by atoms with Gasteiger partial charge >= 0.3 is 0 Å². The van der Waals surface area contributed by atoms with E-state index in [1.807, 2.05) is 13.0 Å². The van der Waals surface area contributed by atoms with Gasteiger partial charge in [-0.2, -0.15) is 5.10 Å². The summed E-state index contributed by atoms with van der Waals surface area (Å²) < 4.78 is 34.3. The number of anilines is 1. The Balaban J connectivity index is 1.49. The van der Waals surface area contributed by atoms with E-state index >= 15 is 0 Å². The Morgan fingerprint density at radius 1 is 1.15 bits per heavy atom. The number of aryl methyl sites for hydroxylation is 1. The van der Waals surface area contributed by atoms with Crippen LogP contribution in [-0.2, 0) is 6.73 Å². The number of carbonyl (C=O) groups is 2. The first-order chi connectivity index (χ1) is 18.6. The minimum Gasteiger partial charge on any atom is -0.468 e. The number of pyridine rings is 1. The highest BCUT2D eigenvalue weighted by Crippen LogP contribution is 2.44. The first-order valence-corrected chi connectivity index (χ1v) is 13.5. The zero-order valence-corrected chi connectivity index (χ0v) is 23.0. The summed E-state index contributed by atoms with van der Waals surface area (Å²) >= 11 is 14.4. The number of nitrogens with zero attached hydrogens (tertiary/aromatic N) is 3. The summed E-state index contributed by atoms with van der Waals surface area (Å²) in [4.78, 5) is 31.3. The van der Waals surface area contributed by atoms with Gasteiger partial charge in [0.05, 0.1) is 15.7 Å². The maximum absolute atomic E-state index is 13.7. The fraction of sp³-hybridized carbons (Fsp3) is 0.120. The lowest BCUT2D eigenvalue weighted by Gasteiger charge is -2.10. The predicted molar refractivity (Wildman–Crippen MR) is 148 cm³/mol. The van der Waals surface area contributed by atoms with Crippen molar-refractivity contribution in [1.82, 2.24) is 14.8 Å². The number of hydrogen-bond acceptors (Lipinski definition) is 7. The molecule has 0 spiro atoms. The first-order valence-electron chi connectivity index (χ1n) is 11.2. The maximum atomic E-state index is 13.7. The number of rotatable bonds is 8. The molecular formula is C25H17Cl2F2N5O3S2. The minimum atomic E-state index is -2.83. The summed E-state index contributed by atoms with van der Waals surface area (Å²) in [5, 5.41) is 7.87. The van der Waals surface area contributed by atoms with E-state index < -0.39 is 23.9 Å². The molecule has 200 valence electrons. The standard InChI is InChI=1S/C25H17Cl2F2N5O3S2/c1-11-5-6-17(38-11)12-9-16(22(28)29)31-25-18(12)19(21(39-25)23(30)35)32-24(36)15-7-8-34(33-15)10-37-20-13(26)3-2-4-14(20)27/h2-9,22H,10H2,1H3,(H2,30,35)(H,32,36). The van der Waals surface area contributed by atoms with Crippen LogP contribution >= 0.6 is 45.9 Å². The third-order valence-electron chi connectivity index (χ3n) is 5.51. The lowest BCUT2D eigenvalue weighted by Crippen LogP contribution is -2.18. The van der Waals surface area contributed by atoms with E-state index in [0.29, 0.717) is 25.9 Å². The van der Waals surface area contributed by atoms with E-state index in [0.717, 1.165) is 16.2 Å². The molecule has 0 atom stereocenters. The highest BCUT2D eigenvalue weighted by Gasteiger charge is 2.26. The number of fused-ring (bicyclic) bond motifs is 1. The highest BCUT2D eigenvalue weighted by molar-refractivity contribution is 7.21. The number of primary amides is 1. The number of aromatic nitrogens is 3. The van der Waals surface area contributed by atoms with Gasteiger partial charge in [-0.15, -0.1) is 22.7 Å². The van der Waals surface area contributed by atoms with Crippen molar-refractivity contribution in [3.63, 3.8) is 0 Å². The Labute approximate surface area is 237 Å². The quantitative estimate of drug-likeness (QED) is 0.194. The molecule has 0 bridgehead atoms. The third-order valence-corrected chi connectivity index (χ3v) is 8.23. The second-order valence-corrected chi connectivity index (χ2v) is 11.3. The van der Waals surface area contributed by atoms with E-state index in [9.17, 15) is 18.4 Å². The molecule has 0 aliphatic carbocycles. The van der Waals surface area contributed by atoms with Crippen LogP contribution in [-0.4, -0.2) is 26.6 Å². The number of carbonyl (C=O) groups excluding carboxylic acids is 2. The predicted octanol–water partition coefficient (Wildman–Crippen LogP) is 7.16. The number of halogens is 4. The van der Waals surface area contributed by atoms with Crippen LogP contribution in [0, 0.1) is 6.92 Å². The largest absolute Gasteiger partial charge is 0.468 e. The molecule has 0 aliphatic rings. The van der Waals surface area contributed by atoms with Gasteiger partial charge in [-0.25, -0.2) is 18.4 Å². The number of para-hydroxylation sites is 1. The maximum Gasteiger partial charge on any atom is 0.280 e. The zero-order valence-electron chi connectivity index (χ0n) is 19.9. The van der Waals surface area contributed by atoms with Crippen LogP contribution in [0.2, 0.25) is 10.0 Å². The van der Waals surface area contributed by atoms with Gasteiger partial charge in [0.1, 0.15) is 15.4 Å². The number of nitrogens with one attached hydrogen (secondary N) is 1. The highest BCUT2D eigenvalue weighted by atomic mass is 35.5. The molecule has 0 fully saturated rings. The second-order valence-electron chi connectivity index (χ2n) is 8.18. The van der Waals surface area contributed by atoms with E-state index in [-0.39, 0.29) is 33.6 Å². The smallest absolute Gasteiger partial charge is 0.280 e. The van der Waals surface area contributed by atoms with Crippen molar-refractivity contribution in [2.75, 3.05) is 5.32 Å². The van der Waals surface area contributed by atoms with Crippen LogP contribution in [0.4, 0.5) is 14.5 Å². The van der Waals surface area contributed by atoms with Gasteiger partial charge < -0.3 is 15.8 Å². The average molecular weight is 608 g/mol. The van der Waals surface area contributed by atoms with Gasteiger partial charge in [-0.3, -0.25) is 9.59 Å². The molecule has 4 aromatic heterocycles. The van der Waals surface area contributed by atoms with Crippen molar-refractivity contribution in [3.8, 4) is 16.2 Å².